The summed E-state index contributed by atoms with van der Waals surface area (Å²) in [5, 5.41) is 5.19. The predicted molar refractivity (Wildman–Crippen MR) is 272 cm³/mol. The number of hydrogen-bond donors (Lipinski definition) is 0. The molecule has 6 aromatic carbocycles. The molecule has 0 saturated heterocycles. The molecule has 2 fully saturated rings. The van der Waals surface area contributed by atoms with Crippen molar-refractivity contribution in [3.63, 3.8) is 0 Å². The predicted octanol–water partition coefficient (Wildman–Crippen LogP) is 18.4. The van der Waals surface area contributed by atoms with Gasteiger partial charge in [-0.3, -0.25) is 0 Å². The molecule has 0 aromatic heterocycles. The summed E-state index contributed by atoms with van der Waals surface area (Å²) in [6, 6.07) is 45.8. The fourth-order valence-electron chi connectivity index (χ4n) is 13.3. The van der Waals surface area contributed by atoms with Crippen LogP contribution in [0.4, 0.5) is 0 Å². The summed E-state index contributed by atoms with van der Waals surface area (Å²) in [6.07, 6.45) is 23.3. The van der Waals surface area contributed by atoms with Gasteiger partial charge in [-0.05, 0) is 0 Å². The van der Waals surface area contributed by atoms with Gasteiger partial charge in [0.15, 0.2) is 0 Å². The Labute approximate surface area is 381 Å². The first kappa shape index (κ1) is 42.9. The molecule has 0 heterocycles. The van der Waals surface area contributed by atoms with Gasteiger partial charge < -0.3 is 0 Å². The Hall–Kier alpha value is -3.00. The quantitative estimate of drug-likeness (QED) is 0.100. The van der Waals surface area contributed by atoms with Crippen LogP contribution in [-0.2, 0) is 15.6 Å². The molecule has 2 saturated carbocycles. The molecular weight excluding hydrogens is 887 g/mol. The van der Waals surface area contributed by atoms with Gasteiger partial charge in [-0.2, -0.15) is 0 Å². The molecule has 0 amide bonds. The van der Waals surface area contributed by atoms with Gasteiger partial charge in [0.1, 0.15) is 0 Å². The number of fused-ring (bicyclic) bond motifs is 4. The topological polar surface area (TPSA) is 0 Å². The third-order valence-electron chi connectivity index (χ3n) is 16.6. The van der Waals surface area contributed by atoms with E-state index in [2.05, 4.69) is 160 Å². The molecule has 2 atom stereocenters. The first-order chi connectivity index (χ1) is 30.0. The van der Waals surface area contributed by atoms with E-state index in [1.165, 1.54) is 143 Å². The van der Waals surface area contributed by atoms with E-state index < -0.39 is 21.5 Å². The maximum atomic E-state index is 9.32. The van der Waals surface area contributed by atoms with Crippen molar-refractivity contribution in [1.82, 2.24) is 0 Å². The molecule has 6 aromatic rings. The van der Waals surface area contributed by atoms with Crippen LogP contribution in [0.2, 0.25) is 13.1 Å². The second-order valence-electron chi connectivity index (χ2n) is 21.2. The van der Waals surface area contributed by atoms with Crippen LogP contribution in [0.15, 0.2) is 132 Å². The van der Waals surface area contributed by atoms with E-state index in [-0.39, 0.29) is 18.1 Å². The van der Waals surface area contributed by atoms with E-state index >= 15 is 0 Å². The van der Waals surface area contributed by atoms with E-state index in [0.29, 0.717) is 0 Å². The first-order valence-electron chi connectivity index (χ1n) is 24.2. The van der Waals surface area contributed by atoms with Crippen LogP contribution >= 0.6 is 17.0 Å². The molecule has 4 aliphatic carbocycles. The monoisotopic (exact) mass is 949 g/mol. The van der Waals surface area contributed by atoms with Crippen LogP contribution in [0.3, 0.4) is 0 Å². The second-order valence-corrected chi connectivity index (χ2v) is 63.7. The van der Waals surface area contributed by atoms with Crippen molar-refractivity contribution in [3.05, 3.63) is 155 Å². The third-order valence-corrected chi connectivity index (χ3v) is 68.4. The van der Waals surface area contributed by atoms with Crippen LogP contribution in [0.5, 0.6) is 0 Å². The Bertz CT molecular complexity index is 2530. The second kappa shape index (κ2) is 16.8. The van der Waals surface area contributed by atoms with Gasteiger partial charge in [0.2, 0.25) is 0 Å². The molecule has 0 N–H and O–H groups in total. The molecule has 4 aliphatic rings. The summed E-state index contributed by atoms with van der Waals surface area (Å²) in [5.74, 6) is -1.79. The molecule has 10 rings (SSSR count). The standard InChI is InChI=1S/2C28H29.C2H7Si.2ClH.Zr/c2*1-28(16-6-2-3-7-17-28)20-21-18-23-12-9-15-26(27(23)19-21)25-14-8-11-22-10-4-5-13-24(22)25;1-3-2;;;/h2*4-5,8-15,18-19H,2-3,6-7,16-17,20H2,1H3;3H,1-2H3;2*1H;/q;;;;;+2/p-2. The van der Waals surface area contributed by atoms with Crippen LogP contribution in [0.1, 0.15) is 133 Å². The van der Waals surface area contributed by atoms with Gasteiger partial charge >= 0.3 is 384 Å². The van der Waals surface area contributed by atoms with Crippen molar-refractivity contribution in [3.8, 4) is 22.3 Å². The fourth-order valence-corrected chi connectivity index (χ4v) is 44.6. The van der Waals surface area contributed by atoms with Crippen LogP contribution in [0, 0.1) is 10.8 Å². The molecule has 2 unspecified atom stereocenters. The Balaban J connectivity index is 1.21. The number of allylic oxidation sites excluding steroid dienone is 2. The van der Waals surface area contributed by atoms with Gasteiger partial charge in [0.25, 0.3) is 0 Å². The van der Waals surface area contributed by atoms with E-state index in [9.17, 15) is 17.0 Å². The number of hydrogen-bond acceptors (Lipinski definition) is 0. The summed E-state index contributed by atoms with van der Waals surface area (Å²) < 4.78 is 0.137. The normalized spacial score (nSPS) is 21.7. The summed E-state index contributed by atoms with van der Waals surface area (Å²) in [7, 11) is 18.6. The average molecular weight is 952 g/mol. The molecule has 319 valence electrons. The molecule has 0 bridgehead atoms. The number of rotatable bonds is 9. The summed E-state index contributed by atoms with van der Waals surface area (Å²) in [4.78, 5) is 0. The van der Waals surface area contributed by atoms with E-state index in [0.717, 1.165) is 12.8 Å². The Morgan fingerprint density at radius 3 is 1.23 bits per heavy atom. The van der Waals surface area contributed by atoms with Crippen molar-refractivity contribution in [2.75, 3.05) is 0 Å². The van der Waals surface area contributed by atoms with E-state index in [1.54, 1.807) is 11.1 Å². The SMILES string of the molecule is C[SiH](C)[Zr]([Cl])([Cl])([CH]1C(CC2(C)CCCCCC2)=Cc2c(-c3cccc4ccccc34)cccc21)[CH]1C(CC2(C)CCCCCC2)=Cc2c(-c3cccc4ccccc34)cccc21. The van der Waals surface area contributed by atoms with Crippen LogP contribution in [-0.4, -0.2) is 5.92 Å². The number of benzene rings is 6. The van der Waals surface area contributed by atoms with Crippen LogP contribution in [0.25, 0.3) is 56.0 Å². The summed E-state index contributed by atoms with van der Waals surface area (Å²) in [5.41, 5.74) is 14.4. The average Bonchev–Trinajstić information content (AvgIpc) is 3.66. The van der Waals surface area contributed by atoms with Gasteiger partial charge in [-0.1, -0.05) is 0 Å². The molecule has 0 spiro atoms. The number of halogens is 2. The molecule has 0 nitrogen and oxygen atoms in total. The van der Waals surface area contributed by atoms with Gasteiger partial charge in [0, 0.05) is 0 Å². The Morgan fingerprint density at radius 2 is 0.823 bits per heavy atom. The summed E-state index contributed by atoms with van der Waals surface area (Å²) >= 11 is -5.18. The van der Waals surface area contributed by atoms with Crippen molar-refractivity contribution in [2.45, 2.75) is 124 Å². The fraction of sp³-hybridized carbons (Fsp3) is 0.379. The third kappa shape index (κ3) is 7.44. The van der Waals surface area contributed by atoms with Crippen LogP contribution < -0.4 is 0 Å². The molecule has 62 heavy (non-hydrogen) atoms. The van der Waals surface area contributed by atoms with Crippen molar-refractivity contribution >= 4 is 56.6 Å². The zero-order valence-corrected chi connectivity index (χ0v) is 42.7. The minimum atomic E-state index is -5.18. The van der Waals surface area contributed by atoms with Gasteiger partial charge in [-0.25, -0.2) is 0 Å². The van der Waals surface area contributed by atoms with Crippen molar-refractivity contribution in [2.24, 2.45) is 10.8 Å². The van der Waals surface area contributed by atoms with Crippen molar-refractivity contribution in [1.29, 1.82) is 0 Å². The molecule has 4 heteroatoms. The maximum absolute atomic E-state index is 9.32. The van der Waals surface area contributed by atoms with Gasteiger partial charge in [0.05, 0.1) is 0 Å². The molecular formula is C58H65Cl2SiZr. The zero-order chi connectivity index (χ0) is 42.7. The zero-order valence-electron chi connectivity index (χ0n) is 37.6. The van der Waals surface area contributed by atoms with Gasteiger partial charge in [-0.15, -0.1) is 0 Å². The summed E-state index contributed by atoms with van der Waals surface area (Å²) in [6.45, 7) is 10.3. The van der Waals surface area contributed by atoms with E-state index in [1.807, 2.05) is 0 Å². The molecule has 0 radical (unpaired) electrons. The van der Waals surface area contributed by atoms with E-state index in [4.69, 9.17) is 0 Å². The van der Waals surface area contributed by atoms with Crippen molar-refractivity contribution < 1.29 is 15.6 Å². The Kier molecular flexibility index (Phi) is 11.6. The Morgan fingerprint density at radius 1 is 0.468 bits per heavy atom. The minimum absolute atomic E-state index is 0.0685. The first-order valence-corrected chi connectivity index (χ1v) is 40.5. The molecule has 0 aliphatic heterocycles.